The Labute approximate surface area is 92.4 Å². The second kappa shape index (κ2) is 6.80. The summed E-state index contributed by atoms with van der Waals surface area (Å²) in [5.41, 5.74) is 0. The summed E-state index contributed by atoms with van der Waals surface area (Å²) >= 11 is 0. The summed E-state index contributed by atoms with van der Waals surface area (Å²) < 4.78 is 0. The van der Waals surface area contributed by atoms with Crippen molar-refractivity contribution in [2.24, 2.45) is 0 Å². The first kappa shape index (κ1) is 12.5. The molecule has 1 fully saturated rings. The lowest BCUT2D eigenvalue weighted by Crippen LogP contribution is -2.44. The van der Waals surface area contributed by atoms with Crippen LogP contribution in [0.5, 0.6) is 0 Å². The molecule has 0 aromatic heterocycles. The van der Waals surface area contributed by atoms with Crippen LogP contribution in [-0.2, 0) is 4.79 Å². The quantitative estimate of drug-likeness (QED) is 0.641. The molecule has 0 aromatic rings. The first-order valence-corrected chi connectivity index (χ1v) is 5.92. The van der Waals surface area contributed by atoms with Crippen molar-refractivity contribution in [3.05, 3.63) is 0 Å². The normalized spacial score (nSPS) is 19.1. The van der Waals surface area contributed by atoms with E-state index in [1.165, 1.54) is 32.5 Å². The number of amides is 1. The highest BCUT2D eigenvalue weighted by atomic mass is 16.1. The van der Waals surface area contributed by atoms with E-state index >= 15 is 0 Å². The zero-order valence-corrected chi connectivity index (χ0v) is 9.88. The summed E-state index contributed by atoms with van der Waals surface area (Å²) in [4.78, 5) is 13.1. The Bertz CT molecular complexity index is 188. The number of carbonyl (C=O) groups excluding carboxylic acids is 1. The Morgan fingerprint density at radius 1 is 1.33 bits per heavy atom. The highest BCUT2D eigenvalue weighted by Crippen LogP contribution is 2.08. The Balaban J connectivity index is 2.01. The second-order valence-electron chi connectivity index (χ2n) is 4.15. The summed E-state index contributed by atoms with van der Waals surface area (Å²) in [5.74, 6) is 0.0533. The van der Waals surface area contributed by atoms with Gasteiger partial charge in [-0.25, -0.2) is 0 Å². The lowest BCUT2D eigenvalue weighted by molar-refractivity contribution is -0.118. The molecule has 0 aromatic carbocycles. The predicted molar refractivity (Wildman–Crippen MR) is 61.8 cm³/mol. The smallest absolute Gasteiger partial charge is 0.216 e. The van der Waals surface area contributed by atoms with E-state index in [0.29, 0.717) is 6.04 Å². The average molecular weight is 213 g/mol. The molecule has 1 amide bonds. The van der Waals surface area contributed by atoms with Gasteiger partial charge in [-0.05, 0) is 32.5 Å². The number of nitrogens with one attached hydrogen (secondary N) is 2. The van der Waals surface area contributed by atoms with Gasteiger partial charge in [0.05, 0.1) is 0 Å². The third-order valence-corrected chi connectivity index (χ3v) is 2.97. The number of carbonyl (C=O) groups is 1. The lowest BCUT2D eigenvalue weighted by Gasteiger charge is -2.31. The molecule has 1 heterocycles. The molecular weight excluding hydrogens is 190 g/mol. The maximum Gasteiger partial charge on any atom is 0.216 e. The topological polar surface area (TPSA) is 44.4 Å². The Hall–Kier alpha value is -0.610. The monoisotopic (exact) mass is 213 g/mol. The fourth-order valence-electron chi connectivity index (χ4n) is 1.97. The molecule has 1 rings (SSSR count). The molecule has 0 radical (unpaired) electrons. The fourth-order valence-corrected chi connectivity index (χ4v) is 1.97. The number of hydrogen-bond acceptors (Lipinski definition) is 3. The van der Waals surface area contributed by atoms with Crippen LogP contribution in [0.2, 0.25) is 0 Å². The predicted octanol–water partition coefficient (Wildman–Crippen LogP) is 0.196. The van der Waals surface area contributed by atoms with Crippen molar-refractivity contribution in [2.75, 3.05) is 32.7 Å². The van der Waals surface area contributed by atoms with Gasteiger partial charge in [0.2, 0.25) is 5.91 Å². The van der Waals surface area contributed by atoms with E-state index in [2.05, 4.69) is 22.5 Å². The molecule has 1 aliphatic heterocycles. The highest BCUT2D eigenvalue weighted by Gasteiger charge is 2.16. The number of hydrogen-bond donors (Lipinski definition) is 2. The van der Waals surface area contributed by atoms with E-state index in [0.717, 1.165) is 13.1 Å². The molecule has 4 nitrogen and oxygen atoms in total. The van der Waals surface area contributed by atoms with Crippen LogP contribution < -0.4 is 10.6 Å². The third-order valence-electron chi connectivity index (χ3n) is 2.97. The van der Waals surface area contributed by atoms with Gasteiger partial charge in [0.15, 0.2) is 0 Å². The standard InChI is InChI=1S/C11H23N3O/c1-3-14-8-4-11(5-9-14)13-7-6-12-10(2)15/h11,13H,3-9H2,1-2H3,(H,12,15). The van der Waals surface area contributed by atoms with Crippen LogP contribution in [0.3, 0.4) is 0 Å². The van der Waals surface area contributed by atoms with Gasteiger partial charge in [0, 0.05) is 26.1 Å². The van der Waals surface area contributed by atoms with Crippen LogP contribution in [0.4, 0.5) is 0 Å². The van der Waals surface area contributed by atoms with E-state index < -0.39 is 0 Å². The van der Waals surface area contributed by atoms with Crippen LogP contribution in [-0.4, -0.2) is 49.6 Å². The van der Waals surface area contributed by atoms with Crippen molar-refractivity contribution in [3.8, 4) is 0 Å². The van der Waals surface area contributed by atoms with Crippen LogP contribution in [0.25, 0.3) is 0 Å². The molecule has 0 unspecified atom stereocenters. The molecule has 0 bridgehead atoms. The minimum atomic E-state index is 0.0533. The van der Waals surface area contributed by atoms with Crippen molar-refractivity contribution >= 4 is 5.91 Å². The molecule has 0 atom stereocenters. The number of nitrogens with zero attached hydrogens (tertiary/aromatic N) is 1. The number of likely N-dealkylation sites (tertiary alicyclic amines) is 1. The first-order chi connectivity index (χ1) is 7.22. The largest absolute Gasteiger partial charge is 0.355 e. The molecule has 2 N–H and O–H groups in total. The fraction of sp³-hybridized carbons (Fsp3) is 0.909. The van der Waals surface area contributed by atoms with Crippen molar-refractivity contribution < 1.29 is 4.79 Å². The molecular formula is C11H23N3O. The van der Waals surface area contributed by atoms with Crippen molar-refractivity contribution in [3.63, 3.8) is 0 Å². The zero-order valence-electron chi connectivity index (χ0n) is 9.88. The number of rotatable bonds is 5. The minimum Gasteiger partial charge on any atom is -0.355 e. The summed E-state index contributed by atoms with van der Waals surface area (Å²) in [5, 5.41) is 6.27. The van der Waals surface area contributed by atoms with Gasteiger partial charge < -0.3 is 15.5 Å². The van der Waals surface area contributed by atoms with Gasteiger partial charge in [-0.15, -0.1) is 0 Å². The van der Waals surface area contributed by atoms with Gasteiger partial charge in [0.25, 0.3) is 0 Å². The van der Waals surface area contributed by atoms with Gasteiger partial charge in [-0.3, -0.25) is 4.79 Å². The van der Waals surface area contributed by atoms with Gasteiger partial charge in [-0.2, -0.15) is 0 Å². The van der Waals surface area contributed by atoms with Crippen LogP contribution in [0.1, 0.15) is 26.7 Å². The molecule has 88 valence electrons. The van der Waals surface area contributed by atoms with E-state index in [-0.39, 0.29) is 5.91 Å². The molecule has 1 aliphatic rings. The van der Waals surface area contributed by atoms with Gasteiger partial charge >= 0.3 is 0 Å². The van der Waals surface area contributed by atoms with Crippen molar-refractivity contribution in [1.82, 2.24) is 15.5 Å². The summed E-state index contributed by atoms with van der Waals surface area (Å²) in [7, 11) is 0. The summed E-state index contributed by atoms with van der Waals surface area (Å²) in [6, 6.07) is 0.640. The maximum absolute atomic E-state index is 10.6. The minimum absolute atomic E-state index is 0.0533. The SMILES string of the molecule is CCN1CCC(NCCNC(C)=O)CC1. The van der Waals surface area contributed by atoms with Gasteiger partial charge in [-0.1, -0.05) is 6.92 Å². The lowest BCUT2D eigenvalue weighted by atomic mass is 10.1. The first-order valence-electron chi connectivity index (χ1n) is 5.92. The Kier molecular flexibility index (Phi) is 5.65. The van der Waals surface area contributed by atoms with E-state index in [4.69, 9.17) is 0 Å². The zero-order chi connectivity index (χ0) is 11.1. The molecule has 0 saturated carbocycles. The third kappa shape index (κ3) is 5.14. The molecule has 15 heavy (non-hydrogen) atoms. The van der Waals surface area contributed by atoms with Crippen LogP contribution in [0, 0.1) is 0 Å². The van der Waals surface area contributed by atoms with Crippen molar-refractivity contribution in [2.45, 2.75) is 32.7 Å². The van der Waals surface area contributed by atoms with E-state index in [1.807, 2.05) is 0 Å². The Morgan fingerprint density at radius 3 is 2.53 bits per heavy atom. The van der Waals surface area contributed by atoms with Crippen molar-refractivity contribution in [1.29, 1.82) is 0 Å². The number of piperidine rings is 1. The molecule has 4 heteroatoms. The average Bonchev–Trinajstić information content (AvgIpc) is 2.25. The van der Waals surface area contributed by atoms with Gasteiger partial charge in [0.1, 0.15) is 0 Å². The molecule has 0 aliphatic carbocycles. The summed E-state index contributed by atoms with van der Waals surface area (Å²) in [6.07, 6.45) is 2.46. The van der Waals surface area contributed by atoms with Crippen LogP contribution in [0.15, 0.2) is 0 Å². The van der Waals surface area contributed by atoms with E-state index in [1.54, 1.807) is 6.92 Å². The summed E-state index contributed by atoms with van der Waals surface area (Å²) in [6.45, 7) is 8.96. The molecule has 1 saturated heterocycles. The molecule has 0 spiro atoms. The maximum atomic E-state index is 10.6. The highest BCUT2D eigenvalue weighted by molar-refractivity contribution is 5.72. The second-order valence-corrected chi connectivity index (χ2v) is 4.15. The van der Waals surface area contributed by atoms with Crippen LogP contribution >= 0.6 is 0 Å². The Morgan fingerprint density at radius 2 is 2.00 bits per heavy atom. The van der Waals surface area contributed by atoms with E-state index in [9.17, 15) is 4.79 Å².